The first-order chi connectivity index (χ1) is 9.76. The van der Waals surface area contributed by atoms with E-state index < -0.39 is 0 Å². The van der Waals surface area contributed by atoms with Gasteiger partial charge in [0.15, 0.2) is 0 Å². The zero-order valence-electron chi connectivity index (χ0n) is 12.0. The Kier molecular flexibility index (Phi) is 5.02. The number of nitrogens with two attached hydrogens (primary N) is 1. The molecule has 0 aliphatic carbocycles. The summed E-state index contributed by atoms with van der Waals surface area (Å²) in [7, 11) is 1.68. The zero-order valence-corrected chi connectivity index (χ0v) is 12.0. The lowest BCUT2D eigenvalue weighted by Gasteiger charge is -2.26. The van der Waals surface area contributed by atoms with Gasteiger partial charge in [-0.2, -0.15) is 0 Å². The van der Waals surface area contributed by atoms with Crippen molar-refractivity contribution in [3.05, 3.63) is 60.2 Å². The molecule has 0 radical (unpaired) electrons. The summed E-state index contributed by atoms with van der Waals surface area (Å²) in [5.41, 5.74) is 8.21. The predicted octanol–water partition coefficient (Wildman–Crippen LogP) is 3.24. The van der Waals surface area contributed by atoms with E-state index in [9.17, 15) is 0 Å². The molecule has 0 heterocycles. The molecule has 2 rings (SSSR count). The number of nitrogens with one attached hydrogen (secondary N) is 1. The molecule has 0 spiro atoms. The first-order valence-corrected chi connectivity index (χ1v) is 6.90. The third-order valence-electron chi connectivity index (χ3n) is 3.63. The maximum absolute atomic E-state index is 5.95. The Morgan fingerprint density at radius 2 is 1.70 bits per heavy atom. The summed E-state index contributed by atoms with van der Waals surface area (Å²) in [6, 6.07) is 18.5. The van der Waals surface area contributed by atoms with Gasteiger partial charge >= 0.3 is 0 Å². The molecule has 0 saturated carbocycles. The number of hydrogen-bond donors (Lipinski definition) is 2. The molecule has 0 bridgehead atoms. The molecule has 0 aliphatic rings. The molecule has 2 unspecified atom stereocenters. The van der Waals surface area contributed by atoms with Gasteiger partial charge in [0, 0.05) is 18.5 Å². The maximum atomic E-state index is 5.95. The van der Waals surface area contributed by atoms with Crippen molar-refractivity contribution in [2.75, 3.05) is 19.0 Å². The van der Waals surface area contributed by atoms with Crippen LogP contribution in [0.3, 0.4) is 0 Å². The largest absolute Gasteiger partial charge is 0.495 e. The van der Waals surface area contributed by atoms with Crippen molar-refractivity contribution in [1.29, 1.82) is 0 Å². The fraction of sp³-hybridized carbons (Fsp3) is 0.294. The van der Waals surface area contributed by atoms with E-state index >= 15 is 0 Å². The molecule has 0 aromatic heterocycles. The molecule has 2 atom stereocenters. The van der Waals surface area contributed by atoms with Crippen molar-refractivity contribution in [3.8, 4) is 5.75 Å². The number of rotatable bonds is 6. The monoisotopic (exact) mass is 270 g/mol. The lowest BCUT2D eigenvalue weighted by Crippen LogP contribution is -2.34. The van der Waals surface area contributed by atoms with Crippen molar-refractivity contribution in [3.63, 3.8) is 0 Å². The van der Waals surface area contributed by atoms with Gasteiger partial charge in [-0.05, 0) is 17.7 Å². The minimum absolute atomic E-state index is 0.161. The van der Waals surface area contributed by atoms with Gasteiger partial charge in [-0.3, -0.25) is 0 Å². The molecule has 2 aromatic rings. The van der Waals surface area contributed by atoms with Crippen molar-refractivity contribution in [1.82, 2.24) is 0 Å². The number of ether oxygens (including phenoxy) is 1. The quantitative estimate of drug-likeness (QED) is 0.847. The van der Waals surface area contributed by atoms with Crippen LogP contribution in [-0.2, 0) is 0 Å². The van der Waals surface area contributed by atoms with Gasteiger partial charge < -0.3 is 15.8 Å². The second-order valence-corrected chi connectivity index (χ2v) is 4.89. The fourth-order valence-electron chi connectivity index (χ4n) is 2.34. The first kappa shape index (κ1) is 14.4. The SMILES string of the molecule is COc1ccccc1NC(CN)C(C)c1ccccc1. The Balaban J connectivity index is 2.17. The molecule has 0 saturated heterocycles. The average molecular weight is 270 g/mol. The molecule has 106 valence electrons. The molecule has 3 heteroatoms. The minimum atomic E-state index is 0.161. The Labute approximate surface area is 120 Å². The van der Waals surface area contributed by atoms with Crippen LogP contribution in [0.4, 0.5) is 5.69 Å². The summed E-state index contributed by atoms with van der Waals surface area (Å²) in [5, 5.41) is 3.50. The van der Waals surface area contributed by atoms with Crippen LogP contribution in [-0.4, -0.2) is 19.7 Å². The van der Waals surface area contributed by atoms with Crippen molar-refractivity contribution < 1.29 is 4.74 Å². The van der Waals surface area contributed by atoms with E-state index in [0.717, 1.165) is 11.4 Å². The normalized spacial score (nSPS) is 13.6. The molecular weight excluding hydrogens is 248 g/mol. The number of methoxy groups -OCH3 is 1. The highest BCUT2D eigenvalue weighted by Gasteiger charge is 2.18. The number of hydrogen-bond acceptors (Lipinski definition) is 3. The van der Waals surface area contributed by atoms with E-state index in [-0.39, 0.29) is 6.04 Å². The van der Waals surface area contributed by atoms with Gasteiger partial charge in [-0.1, -0.05) is 49.4 Å². The van der Waals surface area contributed by atoms with Crippen molar-refractivity contribution in [2.45, 2.75) is 18.9 Å². The van der Waals surface area contributed by atoms with E-state index in [0.29, 0.717) is 12.5 Å². The smallest absolute Gasteiger partial charge is 0.141 e. The lowest BCUT2D eigenvalue weighted by atomic mass is 9.93. The maximum Gasteiger partial charge on any atom is 0.141 e. The third-order valence-corrected chi connectivity index (χ3v) is 3.63. The van der Waals surface area contributed by atoms with Crippen LogP contribution in [0.15, 0.2) is 54.6 Å². The molecule has 0 aliphatic heterocycles. The number of anilines is 1. The van der Waals surface area contributed by atoms with Crippen LogP contribution in [0.2, 0.25) is 0 Å². The highest BCUT2D eigenvalue weighted by Crippen LogP contribution is 2.27. The average Bonchev–Trinajstić information content (AvgIpc) is 2.53. The number of para-hydroxylation sites is 2. The third kappa shape index (κ3) is 3.31. The van der Waals surface area contributed by atoms with Gasteiger partial charge in [-0.25, -0.2) is 0 Å². The van der Waals surface area contributed by atoms with Crippen LogP contribution in [0.25, 0.3) is 0 Å². The van der Waals surface area contributed by atoms with Crippen LogP contribution in [0.1, 0.15) is 18.4 Å². The van der Waals surface area contributed by atoms with Crippen LogP contribution >= 0.6 is 0 Å². The highest BCUT2D eigenvalue weighted by atomic mass is 16.5. The molecule has 0 amide bonds. The summed E-state index contributed by atoms with van der Waals surface area (Å²) in [4.78, 5) is 0. The van der Waals surface area contributed by atoms with Gasteiger partial charge in [0.25, 0.3) is 0 Å². The van der Waals surface area contributed by atoms with Crippen LogP contribution < -0.4 is 15.8 Å². The molecule has 3 nitrogen and oxygen atoms in total. The van der Waals surface area contributed by atoms with Gasteiger partial charge in [0.1, 0.15) is 5.75 Å². The van der Waals surface area contributed by atoms with E-state index in [1.54, 1.807) is 7.11 Å². The standard InChI is InChI=1S/C17H22N2O/c1-13(14-8-4-3-5-9-14)16(12-18)19-15-10-6-7-11-17(15)20-2/h3-11,13,16,19H,12,18H2,1-2H3. The van der Waals surface area contributed by atoms with E-state index in [1.807, 2.05) is 30.3 Å². The highest BCUT2D eigenvalue weighted by molar-refractivity contribution is 5.57. The fourth-order valence-corrected chi connectivity index (χ4v) is 2.34. The molecule has 0 fully saturated rings. The van der Waals surface area contributed by atoms with Gasteiger partial charge in [-0.15, -0.1) is 0 Å². The Hall–Kier alpha value is -2.00. The second kappa shape index (κ2) is 6.96. The summed E-state index contributed by atoms with van der Waals surface area (Å²) < 4.78 is 5.37. The van der Waals surface area contributed by atoms with Crippen molar-refractivity contribution >= 4 is 5.69 Å². The topological polar surface area (TPSA) is 47.3 Å². The van der Waals surface area contributed by atoms with Gasteiger partial charge in [0.05, 0.1) is 12.8 Å². The van der Waals surface area contributed by atoms with Gasteiger partial charge in [0.2, 0.25) is 0 Å². The number of benzene rings is 2. The Morgan fingerprint density at radius 3 is 2.35 bits per heavy atom. The van der Waals surface area contributed by atoms with E-state index in [2.05, 4.69) is 36.5 Å². The Morgan fingerprint density at radius 1 is 1.05 bits per heavy atom. The lowest BCUT2D eigenvalue weighted by molar-refractivity contribution is 0.415. The first-order valence-electron chi connectivity index (χ1n) is 6.90. The minimum Gasteiger partial charge on any atom is -0.495 e. The molecule has 2 aromatic carbocycles. The summed E-state index contributed by atoms with van der Waals surface area (Å²) in [6.45, 7) is 2.75. The molecule has 20 heavy (non-hydrogen) atoms. The zero-order chi connectivity index (χ0) is 14.4. The van der Waals surface area contributed by atoms with Crippen molar-refractivity contribution in [2.24, 2.45) is 5.73 Å². The molecular formula is C17H22N2O. The summed E-state index contributed by atoms with van der Waals surface area (Å²) in [5.74, 6) is 1.16. The Bertz CT molecular complexity index is 528. The van der Waals surface area contributed by atoms with E-state index in [1.165, 1.54) is 5.56 Å². The van der Waals surface area contributed by atoms with Crippen LogP contribution in [0, 0.1) is 0 Å². The predicted molar refractivity (Wildman–Crippen MR) is 84.3 cm³/mol. The van der Waals surface area contributed by atoms with E-state index in [4.69, 9.17) is 10.5 Å². The summed E-state index contributed by atoms with van der Waals surface area (Å²) >= 11 is 0. The second-order valence-electron chi connectivity index (χ2n) is 4.89. The summed E-state index contributed by atoms with van der Waals surface area (Å²) in [6.07, 6.45) is 0. The molecule has 3 N–H and O–H groups in total. The van der Waals surface area contributed by atoms with Crippen LogP contribution in [0.5, 0.6) is 5.75 Å².